The average Bonchev–Trinajstić information content (AvgIpc) is 3.14. The van der Waals surface area contributed by atoms with E-state index in [1.54, 1.807) is 6.20 Å². The van der Waals surface area contributed by atoms with Crippen LogP contribution in [0.5, 0.6) is 0 Å². The van der Waals surface area contributed by atoms with E-state index in [-0.39, 0.29) is 5.91 Å². The maximum Gasteiger partial charge on any atom is 0.261 e. The monoisotopic (exact) mass is 434 g/mol. The molecule has 0 atom stereocenters. The van der Waals surface area contributed by atoms with Gasteiger partial charge in [0.05, 0.1) is 5.56 Å². The zero-order valence-corrected chi connectivity index (χ0v) is 19.0. The molecule has 0 unspecified atom stereocenters. The van der Waals surface area contributed by atoms with Crippen LogP contribution in [0, 0.1) is 0 Å². The highest BCUT2D eigenvalue weighted by molar-refractivity contribution is 5.94. The van der Waals surface area contributed by atoms with Gasteiger partial charge in [0.25, 0.3) is 11.8 Å². The molecule has 3 heterocycles. The second-order valence-corrected chi connectivity index (χ2v) is 8.21. The summed E-state index contributed by atoms with van der Waals surface area (Å²) in [7, 11) is 3.98. The Labute approximate surface area is 188 Å². The van der Waals surface area contributed by atoms with E-state index in [2.05, 4.69) is 26.9 Å². The van der Waals surface area contributed by atoms with Crippen molar-refractivity contribution in [1.29, 1.82) is 0 Å². The molecule has 1 amide bonds. The molecule has 1 fully saturated rings. The zero-order chi connectivity index (χ0) is 22.5. The van der Waals surface area contributed by atoms with Crippen LogP contribution in [-0.2, 0) is 6.42 Å². The van der Waals surface area contributed by atoms with Gasteiger partial charge in [-0.05, 0) is 49.2 Å². The number of anilines is 2. The van der Waals surface area contributed by atoms with E-state index in [1.807, 2.05) is 60.3 Å². The van der Waals surface area contributed by atoms with E-state index < -0.39 is 0 Å². The van der Waals surface area contributed by atoms with E-state index in [4.69, 9.17) is 4.52 Å². The first-order valence-electron chi connectivity index (χ1n) is 11.2. The van der Waals surface area contributed by atoms with E-state index in [0.29, 0.717) is 31.3 Å². The van der Waals surface area contributed by atoms with Crippen LogP contribution in [0.25, 0.3) is 11.5 Å². The average molecular weight is 435 g/mol. The van der Waals surface area contributed by atoms with E-state index in [9.17, 15) is 4.79 Å². The number of aromatic nitrogens is 3. The highest BCUT2D eigenvalue weighted by Crippen LogP contribution is 2.28. The van der Waals surface area contributed by atoms with Crippen LogP contribution in [-0.4, -0.2) is 66.2 Å². The van der Waals surface area contributed by atoms with Gasteiger partial charge in [-0.3, -0.25) is 4.79 Å². The van der Waals surface area contributed by atoms with Crippen molar-refractivity contribution in [2.24, 2.45) is 0 Å². The van der Waals surface area contributed by atoms with Gasteiger partial charge in [-0.1, -0.05) is 12.1 Å². The lowest BCUT2D eigenvalue weighted by molar-refractivity contribution is 0.0767. The molecule has 1 saturated heterocycles. The molecule has 3 aromatic rings. The largest absolute Gasteiger partial charge is 0.378 e. The Morgan fingerprint density at radius 3 is 2.66 bits per heavy atom. The Hall–Kier alpha value is -3.42. The van der Waals surface area contributed by atoms with Crippen molar-refractivity contribution in [2.45, 2.75) is 26.2 Å². The van der Waals surface area contributed by atoms with Crippen molar-refractivity contribution in [1.82, 2.24) is 20.0 Å². The van der Waals surface area contributed by atoms with Gasteiger partial charge in [0, 0.05) is 64.1 Å². The second kappa shape index (κ2) is 9.80. The molecule has 1 aromatic carbocycles. The van der Waals surface area contributed by atoms with Crippen LogP contribution in [0.15, 0.2) is 47.1 Å². The number of rotatable bonds is 6. The van der Waals surface area contributed by atoms with Crippen molar-refractivity contribution in [3.8, 4) is 11.5 Å². The summed E-state index contributed by atoms with van der Waals surface area (Å²) in [5.74, 6) is 2.10. The van der Waals surface area contributed by atoms with Crippen molar-refractivity contribution < 1.29 is 9.32 Å². The molecule has 0 saturated carbocycles. The Morgan fingerprint density at radius 1 is 1.09 bits per heavy atom. The van der Waals surface area contributed by atoms with Gasteiger partial charge in [-0.2, -0.15) is 4.98 Å². The van der Waals surface area contributed by atoms with Gasteiger partial charge < -0.3 is 19.2 Å². The highest BCUT2D eigenvalue weighted by Gasteiger charge is 2.24. The number of benzene rings is 1. The fourth-order valence-corrected chi connectivity index (χ4v) is 3.92. The lowest BCUT2D eigenvalue weighted by Gasteiger charge is -2.24. The number of hydrogen-bond donors (Lipinski definition) is 0. The Balaban J connectivity index is 1.48. The van der Waals surface area contributed by atoms with Gasteiger partial charge in [-0.15, -0.1) is 0 Å². The SMILES string of the molecule is CCCc1noc(-c2cccnc2N2CCCN(C(=O)c3ccc(N(C)C)cc3)CC2)n1. The van der Waals surface area contributed by atoms with Crippen molar-refractivity contribution in [3.63, 3.8) is 0 Å². The molecular formula is C24H30N6O2. The number of hydrogen-bond acceptors (Lipinski definition) is 7. The van der Waals surface area contributed by atoms with Crippen molar-refractivity contribution in [2.75, 3.05) is 50.1 Å². The molecule has 0 spiro atoms. The topological polar surface area (TPSA) is 78.6 Å². The summed E-state index contributed by atoms with van der Waals surface area (Å²) in [6.45, 7) is 4.94. The summed E-state index contributed by atoms with van der Waals surface area (Å²) in [4.78, 5) is 28.4. The minimum atomic E-state index is 0.0690. The van der Waals surface area contributed by atoms with Gasteiger partial charge >= 0.3 is 0 Å². The molecule has 1 aliphatic heterocycles. The van der Waals surface area contributed by atoms with E-state index in [1.165, 1.54) is 0 Å². The molecule has 8 nitrogen and oxygen atoms in total. The molecule has 0 aliphatic carbocycles. The molecule has 0 radical (unpaired) electrons. The molecule has 0 bridgehead atoms. The number of carbonyl (C=O) groups is 1. The molecule has 168 valence electrons. The maximum atomic E-state index is 13.1. The van der Waals surface area contributed by atoms with Crippen LogP contribution >= 0.6 is 0 Å². The van der Waals surface area contributed by atoms with Crippen LogP contribution < -0.4 is 9.80 Å². The fraction of sp³-hybridized carbons (Fsp3) is 0.417. The van der Waals surface area contributed by atoms with E-state index >= 15 is 0 Å². The van der Waals surface area contributed by atoms with Crippen LogP contribution in [0.4, 0.5) is 11.5 Å². The number of nitrogens with zero attached hydrogens (tertiary/aromatic N) is 6. The summed E-state index contributed by atoms with van der Waals surface area (Å²) in [5.41, 5.74) is 2.63. The Morgan fingerprint density at radius 2 is 1.91 bits per heavy atom. The predicted molar refractivity (Wildman–Crippen MR) is 125 cm³/mol. The smallest absolute Gasteiger partial charge is 0.261 e. The second-order valence-electron chi connectivity index (χ2n) is 8.21. The van der Waals surface area contributed by atoms with Gasteiger partial charge in [-0.25, -0.2) is 4.98 Å². The highest BCUT2D eigenvalue weighted by atomic mass is 16.5. The third kappa shape index (κ3) is 4.74. The Kier molecular flexibility index (Phi) is 6.68. The number of amides is 1. The molecular weight excluding hydrogens is 404 g/mol. The molecule has 0 N–H and O–H groups in total. The number of carbonyl (C=O) groups excluding carboxylic acids is 1. The molecule has 2 aromatic heterocycles. The predicted octanol–water partition coefficient (Wildman–Crippen LogP) is 3.50. The van der Waals surface area contributed by atoms with E-state index in [0.717, 1.165) is 48.4 Å². The minimum absolute atomic E-state index is 0.0690. The summed E-state index contributed by atoms with van der Waals surface area (Å²) < 4.78 is 5.51. The summed E-state index contributed by atoms with van der Waals surface area (Å²) in [6, 6.07) is 11.6. The van der Waals surface area contributed by atoms with Crippen LogP contribution in [0.1, 0.15) is 35.9 Å². The molecule has 4 rings (SSSR count). The van der Waals surface area contributed by atoms with Crippen molar-refractivity contribution >= 4 is 17.4 Å². The van der Waals surface area contributed by atoms with Crippen LogP contribution in [0.2, 0.25) is 0 Å². The first-order chi connectivity index (χ1) is 15.6. The summed E-state index contributed by atoms with van der Waals surface area (Å²) in [5, 5.41) is 4.08. The Bertz CT molecular complexity index is 1050. The van der Waals surface area contributed by atoms with Crippen molar-refractivity contribution in [3.05, 3.63) is 54.0 Å². The number of pyridine rings is 1. The van der Waals surface area contributed by atoms with Crippen LogP contribution in [0.3, 0.4) is 0 Å². The molecule has 1 aliphatic rings. The molecule has 8 heteroatoms. The number of aryl methyl sites for hydroxylation is 1. The zero-order valence-electron chi connectivity index (χ0n) is 19.0. The fourth-order valence-electron chi connectivity index (χ4n) is 3.92. The third-order valence-electron chi connectivity index (χ3n) is 5.67. The minimum Gasteiger partial charge on any atom is -0.378 e. The molecule has 32 heavy (non-hydrogen) atoms. The third-order valence-corrected chi connectivity index (χ3v) is 5.67. The quantitative estimate of drug-likeness (QED) is 0.587. The normalized spacial score (nSPS) is 14.3. The van der Waals surface area contributed by atoms with Gasteiger partial charge in [0.1, 0.15) is 5.82 Å². The maximum absolute atomic E-state index is 13.1. The van der Waals surface area contributed by atoms with Gasteiger partial charge in [0.2, 0.25) is 0 Å². The lowest BCUT2D eigenvalue weighted by Crippen LogP contribution is -2.35. The van der Waals surface area contributed by atoms with Gasteiger partial charge in [0.15, 0.2) is 5.82 Å². The lowest BCUT2D eigenvalue weighted by atomic mass is 10.1. The summed E-state index contributed by atoms with van der Waals surface area (Å²) >= 11 is 0. The first kappa shape index (κ1) is 21.8. The standard InChI is InChI=1S/C24H30N6O2/c1-4-7-21-26-23(32-27-21)20-8-5-13-25-22(20)29-14-6-15-30(17-16-29)24(31)18-9-11-19(12-10-18)28(2)3/h5,8-13H,4,6-7,14-17H2,1-3H3. The summed E-state index contributed by atoms with van der Waals surface area (Å²) in [6.07, 6.45) is 4.40. The first-order valence-corrected chi connectivity index (χ1v) is 11.2.